The van der Waals surface area contributed by atoms with E-state index in [2.05, 4.69) is 16.7 Å². The van der Waals surface area contributed by atoms with Crippen molar-refractivity contribution in [1.29, 1.82) is 0 Å². The molecule has 0 fully saturated rings. The zero-order chi connectivity index (χ0) is 26.7. The molecule has 0 aromatic heterocycles. The Kier molecular flexibility index (Phi) is 9.29. The SMILES string of the molecule is O=C(CCCCCNC(=O)OCc1ccccc1)N[C@H](Cc1c2ccccc2cc2ccccc12)C(=O)O. The maximum absolute atomic E-state index is 12.6. The third-order valence-electron chi connectivity index (χ3n) is 6.49. The molecule has 0 bridgehead atoms. The summed E-state index contributed by atoms with van der Waals surface area (Å²) in [4.78, 5) is 36.4. The molecule has 0 saturated heterocycles. The van der Waals surface area contributed by atoms with Gasteiger partial charge in [0, 0.05) is 19.4 Å². The predicted octanol–water partition coefficient (Wildman–Crippen LogP) is 5.59. The molecular weight excluding hydrogens is 480 g/mol. The molecule has 4 aromatic carbocycles. The standard InChI is InChI=1S/C31H32N2O5/c34-29(17-5-2-10-18-32-31(37)38-21-22-11-3-1-4-12-22)33-28(30(35)36)20-27-25-15-8-6-13-23(25)19-24-14-7-9-16-26(24)27/h1,3-4,6-9,11-16,19,28H,2,5,10,17-18,20-21H2,(H,32,37)(H,33,34)(H,35,36)/t28-/m1/s1. The molecule has 38 heavy (non-hydrogen) atoms. The number of amides is 2. The highest BCUT2D eigenvalue weighted by Gasteiger charge is 2.22. The van der Waals surface area contributed by atoms with E-state index in [1.165, 1.54) is 0 Å². The number of carboxylic acid groups (broad SMARTS) is 1. The number of nitrogens with one attached hydrogen (secondary N) is 2. The summed E-state index contributed by atoms with van der Waals surface area (Å²) in [5.41, 5.74) is 1.83. The van der Waals surface area contributed by atoms with Crippen LogP contribution in [0.15, 0.2) is 84.9 Å². The second kappa shape index (κ2) is 13.2. The van der Waals surface area contributed by atoms with Gasteiger partial charge < -0.3 is 20.5 Å². The Hall–Kier alpha value is -4.39. The topological polar surface area (TPSA) is 105 Å². The predicted molar refractivity (Wildman–Crippen MR) is 148 cm³/mol. The smallest absolute Gasteiger partial charge is 0.407 e. The Balaban J connectivity index is 1.24. The second-order valence-corrected chi connectivity index (χ2v) is 9.26. The first kappa shape index (κ1) is 26.7. The summed E-state index contributed by atoms with van der Waals surface area (Å²) in [5, 5.41) is 19.3. The molecule has 4 rings (SSSR count). The number of hydrogen-bond donors (Lipinski definition) is 3. The lowest BCUT2D eigenvalue weighted by Crippen LogP contribution is -2.42. The lowest BCUT2D eigenvalue weighted by atomic mass is 9.92. The van der Waals surface area contributed by atoms with E-state index < -0.39 is 18.1 Å². The van der Waals surface area contributed by atoms with Crippen molar-refractivity contribution in [2.24, 2.45) is 0 Å². The highest BCUT2D eigenvalue weighted by molar-refractivity contribution is 6.02. The van der Waals surface area contributed by atoms with Crippen molar-refractivity contribution in [2.75, 3.05) is 6.54 Å². The van der Waals surface area contributed by atoms with Crippen molar-refractivity contribution in [3.63, 3.8) is 0 Å². The summed E-state index contributed by atoms with van der Waals surface area (Å²) >= 11 is 0. The molecular formula is C31H32N2O5. The molecule has 1 atom stereocenters. The van der Waals surface area contributed by atoms with Crippen molar-refractivity contribution in [2.45, 2.75) is 44.8 Å². The molecule has 0 aliphatic rings. The summed E-state index contributed by atoms with van der Waals surface area (Å²) in [6, 6.07) is 26.3. The summed E-state index contributed by atoms with van der Waals surface area (Å²) in [7, 11) is 0. The molecule has 0 aliphatic heterocycles. The molecule has 0 radical (unpaired) electrons. The number of rotatable bonds is 12. The van der Waals surface area contributed by atoms with Crippen molar-refractivity contribution < 1.29 is 24.2 Å². The third kappa shape index (κ3) is 7.32. The molecule has 0 spiro atoms. The average Bonchev–Trinajstić information content (AvgIpc) is 2.93. The summed E-state index contributed by atoms with van der Waals surface area (Å²) in [5.74, 6) is -1.36. The molecule has 7 heteroatoms. The first-order valence-electron chi connectivity index (χ1n) is 12.9. The number of carbonyl (C=O) groups excluding carboxylic acids is 2. The molecule has 0 saturated carbocycles. The maximum Gasteiger partial charge on any atom is 0.407 e. The van der Waals surface area contributed by atoms with Gasteiger partial charge in [-0.15, -0.1) is 0 Å². The maximum atomic E-state index is 12.6. The van der Waals surface area contributed by atoms with Gasteiger partial charge in [-0.05, 0) is 51.6 Å². The van der Waals surface area contributed by atoms with Gasteiger partial charge in [0.15, 0.2) is 0 Å². The van der Waals surface area contributed by atoms with E-state index in [9.17, 15) is 19.5 Å². The van der Waals surface area contributed by atoms with Gasteiger partial charge in [0.2, 0.25) is 5.91 Å². The molecule has 3 N–H and O–H groups in total. The Bertz CT molecular complexity index is 1350. The zero-order valence-electron chi connectivity index (χ0n) is 21.2. The minimum absolute atomic E-state index is 0.192. The number of alkyl carbamates (subject to hydrolysis) is 1. The van der Waals surface area contributed by atoms with Crippen LogP contribution in [-0.4, -0.2) is 35.7 Å². The Labute approximate surface area is 221 Å². The van der Waals surface area contributed by atoms with Crippen molar-refractivity contribution >= 4 is 39.5 Å². The van der Waals surface area contributed by atoms with Gasteiger partial charge in [0.05, 0.1) is 0 Å². The van der Waals surface area contributed by atoms with Crippen LogP contribution in [0, 0.1) is 0 Å². The van der Waals surface area contributed by atoms with Crippen LogP contribution >= 0.6 is 0 Å². The fraction of sp³-hybridized carbons (Fsp3) is 0.258. The third-order valence-corrected chi connectivity index (χ3v) is 6.49. The van der Waals surface area contributed by atoms with E-state index in [0.717, 1.165) is 39.1 Å². The number of benzene rings is 4. The van der Waals surface area contributed by atoms with Gasteiger partial charge in [0.25, 0.3) is 0 Å². The Morgan fingerprint density at radius 2 is 1.42 bits per heavy atom. The Morgan fingerprint density at radius 3 is 2.08 bits per heavy atom. The van der Waals surface area contributed by atoms with Crippen molar-refractivity contribution in [3.05, 3.63) is 96.1 Å². The van der Waals surface area contributed by atoms with Crippen molar-refractivity contribution in [1.82, 2.24) is 10.6 Å². The number of ether oxygens (including phenoxy) is 1. The lowest BCUT2D eigenvalue weighted by molar-refractivity contribution is -0.141. The number of aliphatic carboxylic acids is 1. The Morgan fingerprint density at radius 1 is 0.789 bits per heavy atom. The molecule has 4 aromatic rings. The molecule has 0 aliphatic carbocycles. The molecule has 196 valence electrons. The van der Waals surface area contributed by atoms with E-state index in [4.69, 9.17) is 4.74 Å². The van der Waals surface area contributed by atoms with Crippen LogP contribution < -0.4 is 10.6 Å². The second-order valence-electron chi connectivity index (χ2n) is 9.26. The van der Waals surface area contributed by atoms with Crippen LogP contribution in [-0.2, 0) is 27.4 Å². The number of hydrogen-bond acceptors (Lipinski definition) is 4. The molecule has 0 unspecified atom stereocenters. The van der Waals surface area contributed by atoms with Gasteiger partial charge in [-0.25, -0.2) is 9.59 Å². The first-order chi connectivity index (χ1) is 18.5. The number of unbranched alkanes of at least 4 members (excludes halogenated alkanes) is 2. The van der Waals surface area contributed by atoms with Crippen LogP contribution in [0.5, 0.6) is 0 Å². The highest BCUT2D eigenvalue weighted by Crippen LogP contribution is 2.29. The number of carboxylic acids is 1. The summed E-state index contributed by atoms with van der Waals surface area (Å²) in [6.07, 6.45) is 1.94. The van der Waals surface area contributed by atoms with E-state index in [0.29, 0.717) is 19.4 Å². The minimum Gasteiger partial charge on any atom is -0.480 e. The van der Waals surface area contributed by atoms with E-state index in [-0.39, 0.29) is 25.4 Å². The fourth-order valence-electron chi connectivity index (χ4n) is 4.55. The van der Waals surface area contributed by atoms with Gasteiger partial charge in [0.1, 0.15) is 12.6 Å². The summed E-state index contributed by atoms with van der Waals surface area (Å²) in [6.45, 7) is 0.660. The molecule has 0 heterocycles. The molecule has 7 nitrogen and oxygen atoms in total. The highest BCUT2D eigenvalue weighted by atomic mass is 16.5. The monoisotopic (exact) mass is 512 g/mol. The van der Waals surface area contributed by atoms with Crippen LogP contribution in [0.1, 0.15) is 36.8 Å². The van der Waals surface area contributed by atoms with Crippen LogP contribution in [0.3, 0.4) is 0 Å². The minimum atomic E-state index is -1.06. The van der Waals surface area contributed by atoms with Gasteiger partial charge >= 0.3 is 12.1 Å². The van der Waals surface area contributed by atoms with Gasteiger partial charge in [-0.1, -0.05) is 85.3 Å². The quantitative estimate of drug-likeness (QED) is 0.170. The number of fused-ring (bicyclic) bond motifs is 2. The van der Waals surface area contributed by atoms with E-state index in [1.807, 2.05) is 78.9 Å². The van der Waals surface area contributed by atoms with Crippen LogP contribution in [0.2, 0.25) is 0 Å². The van der Waals surface area contributed by atoms with Crippen LogP contribution in [0.4, 0.5) is 4.79 Å². The summed E-state index contributed by atoms with van der Waals surface area (Å²) < 4.78 is 5.17. The largest absolute Gasteiger partial charge is 0.480 e. The van der Waals surface area contributed by atoms with E-state index in [1.54, 1.807) is 0 Å². The normalized spacial score (nSPS) is 11.7. The van der Waals surface area contributed by atoms with Gasteiger partial charge in [-0.2, -0.15) is 0 Å². The van der Waals surface area contributed by atoms with Crippen molar-refractivity contribution in [3.8, 4) is 0 Å². The number of carbonyl (C=O) groups is 3. The zero-order valence-corrected chi connectivity index (χ0v) is 21.2. The van der Waals surface area contributed by atoms with E-state index >= 15 is 0 Å². The van der Waals surface area contributed by atoms with Crippen LogP contribution in [0.25, 0.3) is 21.5 Å². The fourth-order valence-corrected chi connectivity index (χ4v) is 4.55. The lowest BCUT2D eigenvalue weighted by Gasteiger charge is -2.18. The first-order valence-corrected chi connectivity index (χ1v) is 12.9. The van der Waals surface area contributed by atoms with Gasteiger partial charge in [-0.3, -0.25) is 4.79 Å². The average molecular weight is 513 g/mol. The molecule has 2 amide bonds.